The van der Waals surface area contributed by atoms with Gasteiger partial charge in [0, 0.05) is 33.5 Å². The van der Waals surface area contributed by atoms with E-state index in [0.29, 0.717) is 0 Å². The van der Waals surface area contributed by atoms with Crippen LogP contribution in [0.25, 0.3) is 66.5 Å². The van der Waals surface area contributed by atoms with Crippen molar-refractivity contribution in [3.63, 3.8) is 0 Å². The van der Waals surface area contributed by atoms with Crippen molar-refractivity contribution in [2.75, 3.05) is 0 Å². The van der Waals surface area contributed by atoms with Gasteiger partial charge in [0.25, 0.3) is 0 Å². The van der Waals surface area contributed by atoms with Crippen LogP contribution in [0.2, 0.25) is 0 Å². The Morgan fingerprint density at radius 2 is 1.39 bits per heavy atom. The van der Waals surface area contributed by atoms with Gasteiger partial charge in [0.1, 0.15) is 11.2 Å². The number of furan rings is 1. The summed E-state index contributed by atoms with van der Waals surface area (Å²) < 4.78 is 6.28. The number of pyridine rings is 2. The molecule has 7 aromatic rings. The fourth-order valence-corrected chi connectivity index (χ4v) is 5.64. The highest BCUT2D eigenvalue weighted by atomic mass is 16.3. The lowest BCUT2D eigenvalue weighted by Crippen LogP contribution is -1.93. The summed E-state index contributed by atoms with van der Waals surface area (Å²) >= 11 is 0. The smallest absolute Gasteiger partial charge is 0.144 e. The summed E-state index contributed by atoms with van der Waals surface area (Å²) in [6.07, 6.45) is 1.89. The molecule has 0 fully saturated rings. The van der Waals surface area contributed by atoms with Crippen LogP contribution in [-0.2, 0) is 0 Å². The minimum atomic E-state index is 0.872. The van der Waals surface area contributed by atoms with Gasteiger partial charge in [-0.05, 0) is 91.1 Å². The number of para-hydroxylation sites is 2. The molecule has 0 atom stereocenters. The van der Waals surface area contributed by atoms with Gasteiger partial charge in [0.2, 0.25) is 0 Å². The number of aromatic nitrogens is 2. The molecule has 3 nitrogen and oxygen atoms in total. The number of hydrogen-bond donors (Lipinski definition) is 0. The molecule has 0 aliphatic carbocycles. The molecule has 0 saturated carbocycles. The zero-order valence-electron chi connectivity index (χ0n) is 21.6. The standard InChI is InChI=1S/C35H26N2O/c1-21-8-6-9-22(2)34(21)30-15-14-25-19-29(23(3)18-31(25)37-30)24-16-17-36-32(20-24)28-12-7-11-27-26-10-4-5-13-33(26)38-35(27)28/h4-20H,1-3H3. The highest BCUT2D eigenvalue weighted by Crippen LogP contribution is 2.37. The summed E-state index contributed by atoms with van der Waals surface area (Å²) in [6.45, 7) is 6.45. The first-order chi connectivity index (χ1) is 18.6. The molecule has 0 spiro atoms. The molecule has 7 rings (SSSR count). The first-order valence-electron chi connectivity index (χ1n) is 12.9. The average Bonchev–Trinajstić information content (AvgIpc) is 3.31. The van der Waals surface area contributed by atoms with Gasteiger partial charge in [-0.1, -0.05) is 54.6 Å². The second-order valence-electron chi connectivity index (χ2n) is 10.0. The van der Waals surface area contributed by atoms with Gasteiger partial charge in [0.15, 0.2) is 0 Å². The third-order valence-corrected chi connectivity index (χ3v) is 7.52. The van der Waals surface area contributed by atoms with Crippen molar-refractivity contribution >= 4 is 32.8 Å². The Kier molecular flexibility index (Phi) is 5.12. The van der Waals surface area contributed by atoms with Crippen molar-refractivity contribution in [2.24, 2.45) is 0 Å². The number of nitrogens with zero attached hydrogens (tertiary/aromatic N) is 2. The van der Waals surface area contributed by atoms with Gasteiger partial charge >= 0.3 is 0 Å². The Hall–Kier alpha value is -4.76. The first-order valence-corrected chi connectivity index (χ1v) is 12.9. The summed E-state index contributed by atoms with van der Waals surface area (Å²) in [5, 5.41) is 3.36. The van der Waals surface area contributed by atoms with E-state index in [2.05, 4.69) is 99.6 Å². The number of hydrogen-bond acceptors (Lipinski definition) is 3. The van der Waals surface area contributed by atoms with E-state index in [9.17, 15) is 0 Å². The van der Waals surface area contributed by atoms with Crippen LogP contribution in [0.15, 0.2) is 108 Å². The maximum Gasteiger partial charge on any atom is 0.144 e. The SMILES string of the molecule is Cc1cc2nc(-c3c(C)cccc3C)ccc2cc1-c1ccnc(-c2cccc3c2oc2ccccc23)c1. The Bertz CT molecular complexity index is 2000. The molecule has 4 aromatic carbocycles. The van der Waals surface area contributed by atoms with E-state index >= 15 is 0 Å². The zero-order valence-corrected chi connectivity index (χ0v) is 21.6. The lowest BCUT2D eigenvalue weighted by Gasteiger charge is -2.13. The van der Waals surface area contributed by atoms with Crippen molar-refractivity contribution in [1.29, 1.82) is 0 Å². The number of rotatable bonds is 3. The largest absolute Gasteiger partial charge is 0.455 e. The van der Waals surface area contributed by atoms with Crippen LogP contribution in [0, 0.1) is 20.8 Å². The van der Waals surface area contributed by atoms with Crippen molar-refractivity contribution in [2.45, 2.75) is 20.8 Å². The molecule has 3 aromatic heterocycles. The average molecular weight is 491 g/mol. The molecule has 182 valence electrons. The summed E-state index contributed by atoms with van der Waals surface area (Å²) in [5.41, 5.74) is 12.9. The van der Waals surface area contributed by atoms with Gasteiger partial charge in [-0.2, -0.15) is 0 Å². The maximum absolute atomic E-state index is 6.28. The molecule has 0 aliphatic rings. The Morgan fingerprint density at radius 3 is 2.26 bits per heavy atom. The van der Waals surface area contributed by atoms with E-state index in [-0.39, 0.29) is 0 Å². The number of fused-ring (bicyclic) bond motifs is 4. The van der Waals surface area contributed by atoms with Gasteiger partial charge < -0.3 is 4.42 Å². The molecule has 0 unspecified atom stereocenters. The molecule has 0 N–H and O–H groups in total. The first kappa shape index (κ1) is 22.4. The topological polar surface area (TPSA) is 38.9 Å². The Balaban J connectivity index is 1.33. The quantitative estimate of drug-likeness (QED) is 0.248. The van der Waals surface area contributed by atoms with E-state index in [0.717, 1.165) is 55.4 Å². The molecular formula is C35H26N2O. The predicted octanol–water partition coefficient (Wildman–Crippen LogP) is 9.46. The van der Waals surface area contributed by atoms with E-state index in [1.54, 1.807) is 0 Å². The van der Waals surface area contributed by atoms with Crippen LogP contribution >= 0.6 is 0 Å². The van der Waals surface area contributed by atoms with Crippen LogP contribution in [0.4, 0.5) is 0 Å². The van der Waals surface area contributed by atoms with Crippen molar-refractivity contribution < 1.29 is 4.42 Å². The molecule has 38 heavy (non-hydrogen) atoms. The van der Waals surface area contributed by atoms with E-state index in [1.807, 2.05) is 24.4 Å². The summed E-state index contributed by atoms with van der Waals surface area (Å²) in [5.74, 6) is 0. The zero-order chi connectivity index (χ0) is 25.8. The highest BCUT2D eigenvalue weighted by molar-refractivity contribution is 6.09. The second kappa shape index (κ2) is 8.67. The molecule has 0 saturated heterocycles. The molecule has 0 amide bonds. The molecular weight excluding hydrogens is 464 g/mol. The van der Waals surface area contributed by atoms with E-state index in [4.69, 9.17) is 14.4 Å². The monoisotopic (exact) mass is 490 g/mol. The molecule has 3 heteroatoms. The summed E-state index contributed by atoms with van der Waals surface area (Å²) in [7, 11) is 0. The van der Waals surface area contributed by atoms with Crippen LogP contribution in [0.3, 0.4) is 0 Å². The minimum absolute atomic E-state index is 0.872. The van der Waals surface area contributed by atoms with E-state index in [1.165, 1.54) is 27.8 Å². The third-order valence-electron chi connectivity index (χ3n) is 7.52. The van der Waals surface area contributed by atoms with Crippen LogP contribution in [0.5, 0.6) is 0 Å². The van der Waals surface area contributed by atoms with Gasteiger partial charge in [0.05, 0.1) is 16.9 Å². The number of benzene rings is 4. The number of aryl methyl sites for hydroxylation is 3. The van der Waals surface area contributed by atoms with Crippen LogP contribution < -0.4 is 0 Å². The Morgan fingerprint density at radius 1 is 0.605 bits per heavy atom. The predicted molar refractivity (Wildman–Crippen MR) is 157 cm³/mol. The molecule has 0 aliphatic heterocycles. The molecule has 0 bridgehead atoms. The minimum Gasteiger partial charge on any atom is -0.455 e. The van der Waals surface area contributed by atoms with Crippen molar-refractivity contribution in [3.8, 4) is 33.6 Å². The summed E-state index contributed by atoms with van der Waals surface area (Å²) in [4.78, 5) is 9.79. The summed E-state index contributed by atoms with van der Waals surface area (Å²) in [6, 6.07) is 33.8. The van der Waals surface area contributed by atoms with Crippen molar-refractivity contribution in [3.05, 3.63) is 120 Å². The second-order valence-corrected chi connectivity index (χ2v) is 10.0. The highest BCUT2D eigenvalue weighted by Gasteiger charge is 2.15. The molecule has 0 radical (unpaired) electrons. The van der Waals surface area contributed by atoms with Crippen LogP contribution in [-0.4, -0.2) is 9.97 Å². The normalized spacial score (nSPS) is 11.6. The van der Waals surface area contributed by atoms with Gasteiger partial charge in [-0.3, -0.25) is 4.98 Å². The lowest BCUT2D eigenvalue weighted by atomic mass is 9.95. The third kappa shape index (κ3) is 3.59. The van der Waals surface area contributed by atoms with Gasteiger partial charge in [-0.25, -0.2) is 4.98 Å². The van der Waals surface area contributed by atoms with E-state index < -0.39 is 0 Å². The molecule has 3 heterocycles. The fourth-order valence-electron chi connectivity index (χ4n) is 5.64. The van der Waals surface area contributed by atoms with Crippen LogP contribution in [0.1, 0.15) is 16.7 Å². The van der Waals surface area contributed by atoms with Crippen molar-refractivity contribution in [1.82, 2.24) is 9.97 Å². The maximum atomic E-state index is 6.28. The lowest BCUT2D eigenvalue weighted by molar-refractivity contribution is 0.670. The van der Waals surface area contributed by atoms with Gasteiger partial charge in [-0.15, -0.1) is 0 Å². The Labute approximate surface area is 221 Å². The fraction of sp³-hybridized carbons (Fsp3) is 0.0857.